The van der Waals surface area contributed by atoms with Crippen LogP contribution in [0.3, 0.4) is 0 Å². The number of rotatable bonds is 12. The molecule has 1 N–H and O–H groups in total. The highest BCUT2D eigenvalue weighted by Gasteiger charge is 2.44. The van der Waals surface area contributed by atoms with Crippen LogP contribution < -0.4 is 5.32 Å². The van der Waals surface area contributed by atoms with Crippen LogP contribution >= 0.6 is 0 Å². The Labute approximate surface area is 243 Å². The molecule has 4 rings (SSSR count). The summed E-state index contributed by atoms with van der Waals surface area (Å²) < 4.78 is 31.2. The molecule has 3 aromatic carbocycles. The highest BCUT2D eigenvalue weighted by atomic mass is 32.2. The number of benzene rings is 3. The SMILES string of the molecule is CC(C)(C(=O)NC1CCN(Cc2ccccc2)CC1)S(=O)(=O)CC(Cc1ccccc1)C(=O)OCc1ccccc1. The summed E-state index contributed by atoms with van der Waals surface area (Å²) in [5.41, 5.74) is 2.89. The summed E-state index contributed by atoms with van der Waals surface area (Å²) in [6.07, 6.45) is 1.69. The van der Waals surface area contributed by atoms with Gasteiger partial charge in [0.05, 0.1) is 11.7 Å². The van der Waals surface area contributed by atoms with E-state index in [0.717, 1.165) is 43.6 Å². The monoisotopic (exact) mass is 576 g/mol. The van der Waals surface area contributed by atoms with E-state index in [-0.39, 0.29) is 19.1 Å². The zero-order valence-corrected chi connectivity index (χ0v) is 24.7. The highest BCUT2D eigenvalue weighted by molar-refractivity contribution is 7.93. The van der Waals surface area contributed by atoms with Crippen molar-refractivity contribution >= 4 is 21.7 Å². The molecule has 0 spiro atoms. The third kappa shape index (κ3) is 8.50. The molecule has 0 aliphatic carbocycles. The molecule has 0 radical (unpaired) electrons. The Morgan fingerprint density at radius 3 is 1.93 bits per heavy atom. The molecule has 8 heteroatoms. The van der Waals surface area contributed by atoms with E-state index in [1.807, 2.05) is 78.9 Å². The van der Waals surface area contributed by atoms with Gasteiger partial charge in [-0.2, -0.15) is 0 Å². The van der Waals surface area contributed by atoms with Crippen LogP contribution in [0.4, 0.5) is 0 Å². The van der Waals surface area contributed by atoms with Gasteiger partial charge in [-0.15, -0.1) is 0 Å². The van der Waals surface area contributed by atoms with Crippen LogP contribution in [0, 0.1) is 5.92 Å². The summed E-state index contributed by atoms with van der Waals surface area (Å²) in [5.74, 6) is -2.55. The molecule has 218 valence electrons. The number of sulfone groups is 1. The van der Waals surface area contributed by atoms with Crippen molar-refractivity contribution < 1.29 is 22.7 Å². The number of nitrogens with zero attached hydrogens (tertiary/aromatic N) is 1. The van der Waals surface area contributed by atoms with Crippen molar-refractivity contribution in [3.05, 3.63) is 108 Å². The third-order valence-corrected chi connectivity index (χ3v) is 10.4. The quantitative estimate of drug-likeness (QED) is 0.318. The van der Waals surface area contributed by atoms with Crippen LogP contribution in [0.1, 0.15) is 43.4 Å². The van der Waals surface area contributed by atoms with Crippen LogP contribution in [-0.2, 0) is 43.7 Å². The van der Waals surface area contributed by atoms with Gasteiger partial charge in [-0.3, -0.25) is 14.5 Å². The van der Waals surface area contributed by atoms with Gasteiger partial charge in [-0.25, -0.2) is 8.42 Å². The number of nitrogens with one attached hydrogen (secondary N) is 1. The van der Waals surface area contributed by atoms with Gasteiger partial charge in [0.15, 0.2) is 9.84 Å². The number of carbonyl (C=O) groups excluding carboxylic acids is 2. The van der Waals surface area contributed by atoms with Crippen molar-refractivity contribution in [1.82, 2.24) is 10.2 Å². The second-order valence-electron chi connectivity index (χ2n) is 11.3. The predicted octanol–water partition coefficient (Wildman–Crippen LogP) is 4.56. The molecule has 0 bridgehead atoms. The summed E-state index contributed by atoms with van der Waals surface area (Å²) in [6, 6.07) is 28.7. The molecule has 3 aromatic rings. The first-order chi connectivity index (χ1) is 19.6. The zero-order valence-electron chi connectivity index (χ0n) is 23.9. The summed E-state index contributed by atoms with van der Waals surface area (Å²) >= 11 is 0. The zero-order chi connectivity index (χ0) is 29.3. The Morgan fingerprint density at radius 1 is 0.854 bits per heavy atom. The fourth-order valence-electron chi connectivity index (χ4n) is 5.01. The van der Waals surface area contributed by atoms with E-state index in [0.29, 0.717) is 0 Å². The fourth-order valence-corrected chi connectivity index (χ4v) is 6.55. The normalized spacial score (nSPS) is 15.7. The van der Waals surface area contributed by atoms with Crippen molar-refractivity contribution in [1.29, 1.82) is 0 Å². The van der Waals surface area contributed by atoms with E-state index in [2.05, 4.69) is 22.3 Å². The maximum atomic E-state index is 13.7. The maximum Gasteiger partial charge on any atom is 0.310 e. The first-order valence-electron chi connectivity index (χ1n) is 14.2. The number of hydrogen-bond acceptors (Lipinski definition) is 6. The molecule has 1 aliphatic rings. The summed E-state index contributed by atoms with van der Waals surface area (Å²) in [6.45, 7) is 5.40. The molecule has 1 saturated heterocycles. The van der Waals surface area contributed by atoms with Gasteiger partial charge in [-0.1, -0.05) is 91.0 Å². The van der Waals surface area contributed by atoms with Gasteiger partial charge in [-0.05, 0) is 49.8 Å². The molecule has 0 saturated carbocycles. The highest BCUT2D eigenvalue weighted by Crippen LogP contribution is 2.25. The molecule has 0 aromatic heterocycles. The van der Waals surface area contributed by atoms with Crippen LogP contribution in [-0.4, -0.2) is 54.8 Å². The smallest absolute Gasteiger partial charge is 0.310 e. The lowest BCUT2D eigenvalue weighted by atomic mass is 10.0. The van der Waals surface area contributed by atoms with Crippen LogP contribution in [0.2, 0.25) is 0 Å². The molecule has 1 atom stereocenters. The standard InChI is InChI=1S/C33H40N2O5S/c1-33(2,32(37)34-30-18-20-35(21-19-30)23-27-14-8-4-9-15-27)41(38,39)25-29(22-26-12-6-3-7-13-26)31(36)40-24-28-16-10-5-11-17-28/h3-17,29-30H,18-25H2,1-2H3,(H,34,37). The average molecular weight is 577 g/mol. The number of piperidine rings is 1. The Balaban J connectivity index is 1.38. The molecule has 1 fully saturated rings. The minimum absolute atomic E-state index is 0.0534. The van der Waals surface area contributed by atoms with Gasteiger partial charge in [0, 0.05) is 25.7 Å². The van der Waals surface area contributed by atoms with E-state index in [1.165, 1.54) is 19.4 Å². The van der Waals surface area contributed by atoms with Crippen molar-refractivity contribution in [2.75, 3.05) is 18.8 Å². The van der Waals surface area contributed by atoms with Gasteiger partial charge < -0.3 is 10.1 Å². The molecule has 1 aliphatic heterocycles. The van der Waals surface area contributed by atoms with E-state index < -0.39 is 38.1 Å². The largest absolute Gasteiger partial charge is 0.461 e. The molecule has 1 unspecified atom stereocenters. The molecule has 7 nitrogen and oxygen atoms in total. The number of hydrogen-bond donors (Lipinski definition) is 1. The number of ether oxygens (including phenoxy) is 1. The third-order valence-electron chi connectivity index (χ3n) is 7.80. The molecule has 1 amide bonds. The Morgan fingerprint density at radius 2 is 1.37 bits per heavy atom. The Hall–Kier alpha value is -3.49. The summed E-state index contributed by atoms with van der Waals surface area (Å²) in [4.78, 5) is 28.9. The summed E-state index contributed by atoms with van der Waals surface area (Å²) in [7, 11) is -4.03. The topological polar surface area (TPSA) is 92.8 Å². The van der Waals surface area contributed by atoms with E-state index in [9.17, 15) is 18.0 Å². The van der Waals surface area contributed by atoms with Gasteiger partial charge in [0.1, 0.15) is 11.4 Å². The first-order valence-corrected chi connectivity index (χ1v) is 15.8. The van der Waals surface area contributed by atoms with E-state index >= 15 is 0 Å². The fraction of sp³-hybridized carbons (Fsp3) is 0.394. The first kappa shape index (κ1) is 30.5. The number of esters is 1. The van der Waals surface area contributed by atoms with Crippen molar-refractivity contribution in [2.45, 2.75) is 57.1 Å². The number of carbonyl (C=O) groups is 2. The predicted molar refractivity (Wildman–Crippen MR) is 161 cm³/mol. The van der Waals surface area contributed by atoms with Crippen LogP contribution in [0.15, 0.2) is 91.0 Å². The number of amides is 1. The van der Waals surface area contributed by atoms with Crippen molar-refractivity contribution in [3.63, 3.8) is 0 Å². The van der Waals surface area contributed by atoms with Crippen molar-refractivity contribution in [3.8, 4) is 0 Å². The molecule has 1 heterocycles. The molecule has 41 heavy (non-hydrogen) atoms. The second kappa shape index (κ2) is 13.9. The Bertz CT molecular complexity index is 1370. The maximum absolute atomic E-state index is 13.7. The minimum atomic E-state index is -4.03. The van der Waals surface area contributed by atoms with Crippen LogP contribution in [0.25, 0.3) is 0 Å². The van der Waals surface area contributed by atoms with Gasteiger partial charge in [0.25, 0.3) is 0 Å². The average Bonchev–Trinajstić information content (AvgIpc) is 2.98. The lowest BCUT2D eigenvalue weighted by molar-refractivity contribution is -0.149. The number of likely N-dealkylation sites (tertiary alicyclic amines) is 1. The summed E-state index contributed by atoms with van der Waals surface area (Å²) in [5, 5.41) is 2.99. The van der Waals surface area contributed by atoms with Crippen molar-refractivity contribution in [2.24, 2.45) is 5.92 Å². The van der Waals surface area contributed by atoms with Gasteiger partial charge in [0.2, 0.25) is 5.91 Å². The van der Waals surface area contributed by atoms with Crippen LogP contribution in [0.5, 0.6) is 0 Å². The second-order valence-corrected chi connectivity index (χ2v) is 13.9. The minimum Gasteiger partial charge on any atom is -0.461 e. The Kier molecular flexibility index (Phi) is 10.3. The van der Waals surface area contributed by atoms with E-state index in [4.69, 9.17) is 4.74 Å². The molecular formula is C33H40N2O5S. The lowest BCUT2D eigenvalue weighted by Gasteiger charge is -2.34. The van der Waals surface area contributed by atoms with E-state index in [1.54, 1.807) is 0 Å². The molecular weight excluding hydrogens is 536 g/mol. The lowest BCUT2D eigenvalue weighted by Crippen LogP contribution is -2.54. The van der Waals surface area contributed by atoms with Gasteiger partial charge >= 0.3 is 5.97 Å².